The van der Waals surface area contributed by atoms with Gasteiger partial charge in [0.05, 0.1) is 0 Å². The molecule has 0 bridgehead atoms. The van der Waals surface area contributed by atoms with Gasteiger partial charge in [0.25, 0.3) is 0 Å². The summed E-state index contributed by atoms with van der Waals surface area (Å²) in [6, 6.07) is 6.53. The molecule has 0 saturated carbocycles. The number of hydrogen-bond donors (Lipinski definition) is 0. The van der Waals surface area contributed by atoms with Crippen LogP contribution in [0.1, 0.15) is 58.2 Å². The Balaban J connectivity index is 2.14. The lowest BCUT2D eigenvalue weighted by Gasteiger charge is -2.24. The highest BCUT2D eigenvalue weighted by Crippen LogP contribution is 2.30. The highest BCUT2D eigenvalue weighted by Gasteiger charge is 2.28. The number of amides is 1. The molecule has 0 saturated heterocycles. The van der Waals surface area contributed by atoms with Crippen LogP contribution in [-0.4, -0.2) is 16.6 Å². The first-order valence-corrected chi connectivity index (χ1v) is 7.16. The van der Waals surface area contributed by atoms with E-state index < -0.39 is 5.60 Å². The molecule has 110 valence electrons. The Hall–Kier alpha value is -1.51. The number of nitrogens with zero attached hydrogens (tertiary/aromatic N) is 1. The van der Waals surface area contributed by atoms with Crippen LogP contribution in [0.3, 0.4) is 0 Å². The van der Waals surface area contributed by atoms with Gasteiger partial charge in [-0.05, 0) is 42.9 Å². The van der Waals surface area contributed by atoms with Gasteiger partial charge in [-0.3, -0.25) is 4.90 Å². The molecule has 0 atom stereocenters. The maximum Gasteiger partial charge on any atom is 0.410 e. The first-order valence-electron chi connectivity index (χ1n) is 7.16. The van der Waals surface area contributed by atoms with Crippen LogP contribution in [0.25, 0.3) is 0 Å². The highest BCUT2D eigenvalue weighted by atomic mass is 16.6. The van der Waals surface area contributed by atoms with E-state index in [9.17, 15) is 4.79 Å². The summed E-state index contributed by atoms with van der Waals surface area (Å²) < 4.78 is 5.44. The van der Waals surface area contributed by atoms with Crippen LogP contribution < -0.4 is 0 Å². The number of hydrogen-bond acceptors (Lipinski definition) is 2. The van der Waals surface area contributed by atoms with Gasteiger partial charge in [-0.2, -0.15) is 0 Å². The van der Waals surface area contributed by atoms with E-state index >= 15 is 0 Å². The van der Waals surface area contributed by atoms with Crippen molar-refractivity contribution < 1.29 is 9.53 Å². The molecule has 0 spiro atoms. The van der Waals surface area contributed by atoms with E-state index in [1.54, 1.807) is 4.90 Å². The minimum atomic E-state index is -0.442. The summed E-state index contributed by atoms with van der Waals surface area (Å²) >= 11 is 0. The van der Waals surface area contributed by atoms with Gasteiger partial charge in [-0.15, -0.1) is 0 Å². The average molecular weight is 275 g/mol. The molecule has 0 radical (unpaired) electrons. The molecule has 1 aliphatic heterocycles. The van der Waals surface area contributed by atoms with Crippen LogP contribution in [0.5, 0.6) is 0 Å². The fourth-order valence-electron chi connectivity index (χ4n) is 2.32. The molecule has 1 aromatic rings. The number of carbonyl (C=O) groups excluding carboxylic acids is 1. The lowest BCUT2D eigenvalue weighted by molar-refractivity contribution is 0.0242. The van der Waals surface area contributed by atoms with Crippen LogP contribution in [0.2, 0.25) is 0 Å². The summed E-state index contributed by atoms with van der Waals surface area (Å²) in [5.74, 6) is 0. The molecular formula is C17H25NO2. The van der Waals surface area contributed by atoms with Crippen molar-refractivity contribution in [3.05, 3.63) is 34.9 Å². The molecule has 0 unspecified atom stereocenters. The van der Waals surface area contributed by atoms with Crippen molar-refractivity contribution in [1.29, 1.82) is 0 Å². The Morgan fingerprint density at radius 3 is 2.20 bits per heavy atom. The van der Waals surface area contributed by atoms with Gasteiger partial charge >= 0.3 is 6.09 Å². The number of ether oxygens (including phenoxy) is 1. The van der Waals surface area contributed by atoms with Gasteiger partial charge in [-0.25, -0.2) is 4.79 Å². The molecule has 0 N–H and O–H groups in total. The zero-order valence-corrected chi connectivity index (χ0v) is 13.4. The average Bonchev–Trinajstić information content (AvgIpc) is 2.67. The van der Waals surface area contributed by atoms with Crippen LogP contribution in [0.4, 0.5) is 4.79 Å². The van der Waals surface area contributed by atoms with E-state index in [2.05, 4.69) is 39.0 Å². The third-order valence-electron chi connectivity index (χ3n) is 3.45. The quantitative estimate of drug-likeness (QED) is 0.709. The second-order valence-electron chi connectivity index (χ2n) is 7.57. The summed E-state index contributed by atoms with van der Waals surface area (Å²) in [6.45, 7) is 13.6. The summed E-state index contributed by atoms with van der Waals surface area (Å²) in [7, 11) is 0. The molecule has 0 aliphatic carbocycles. The number of rotatable bonds is 0. The molecular weight excluding hydrogens is 250 g/mol. The third kappa shape index (κ3) is 3.33. The Morgan fingerprint density at radius 2 is 1.65 bits per heavy atom. The summed E-state index contributed by atoms with van der Waals surface area (Å²) in [5, 5.41) is 0. The Labute approximate surface area is 121 Å². The largest absolute Gasteiger partial charge is 0.444 e. The zero-order valence-electron chi connectivity index (χ0n) is 13.4. The van der Waals surface area contributed by atoms with Gasteiger partial charge in [-0.1, -0.05) is 39.0 Å². The molecule has 1 aliphatic rings. The maximum absolute atomic E-state index is 12.1. The molecule has 3 heteroatoms. The highest BCUT2D eigenvalue weighted by molar-refractivity contribution is 5.69. The molecule has 20 heavy (non-hydrogen) atoms. The second-order valence-corrected chi connectivity index (χ2v) is 7.57. The van der Waals surface area contributed by atoms with Crippen LogP contribution in [-0.2, 0) is 23.2 Å². The zero-order chi connectivity index (χ0) is 15.1. The maximum atomic E-state index is 12.1. The van der Waals surface area contributed by atoms with E-state index in [0.29, 0.717) is 13.1 Å². The minimum absolute atomic E-state index is 0.133. The van der Waals surface area contributed by atoms with Crippen LogP contribution >= 0.6 is 0 Å². The van der Waals surface area contributed by atoms with Gasteiger partial charge in [0, 0.05) is 13.1 Å². The Kier molecular flexibility index (Phi) is 3.57. The molecule has 1 heterocycles. The van der Waals surface area contributed by atoms with E-state index in [1.807, 2.05) is 20.8 Å². The van der Waals surface area contributed by atoms with Crippen LogP contribution in [0.15, 0.2) is 18.2 Å². The van der Waals surface area contributed by atoms with E-state index in [1.165, 1.54) is 16.7 Å². The SMILES string of the molecule is CC(C)(C)OC(=O)N1Cc2ccc(C(C)(C)C)cc2C1. The fraction of sp³-hybridized carbons (Fsp3) is 0.588. The van der Waals surface area contributed by atoms with Crippen molar-refractivity contribution >= 4 is 6.09 Å². The lowest BCUT2D eigenvalue weighted by atomic mass is 9.85. The number of carbonyl (C=O) groups is 1. The summed E-state index contributed by atoms with van der Waals surface area (Å²) in [5.41, 5.74) is 3.46. The molecule has 3 nitrogen and oxygen atoms in total. The Bertz CT molecular complexity index is 521. The van der Waals surface area contributed by atoms with Gasteiger partial charge in [0.1, 0.15) is 5.60 Å². The topological polar surface area (TPSA) is 29.5 Å². The van der Waals surface area contributed by atoms with E-state index in [4.69, 9.17) is 4.74 Å². The van der Waals surface area contributed by atoms with Crippen molar-refractivity contribution in [3.8, 4) is 0 Å². The van der Waals surface area contributed by atoms with Crippen molar-refractivity contribution in [1.82, 2.24) is 4.90 Å². The van der Waals surface area contributed by atoms with Crippen molar-refractivity contribution in [2.45, 2.75) is 65.6 Å². The van der Waals surface area contributed by atoms with Crippen LogP contribution in [0, 0.1) is 0 Å². The normalized spacial score (nSPS) is 15.2. The van der Waals surface area contributed by atoms with Crippen molar-refractivity contribution in [3.63, 3.8) is 0 Å². The first kappa shape index (κ1) is 14.9. The lowest BCUT2D eigenvalue weighted by Crippen LogP contribution is -2.33. The fourth-order valence-corrected chi connectivity index (χ4v) is 2.32. The first-order chi connectivity index (χ1) is 9.06. The smallest absolute Gasteiger partial charge is 0.410 e. The standard InChI is InChI=1S/C17H25NO2/c1-16(2,3)14-8-7-12-10-18(11-13(12)9-14)15(19)20-17(4,5)6/h7-9H,10-11H2,1-6H3. The van der Waals surface area contributed by atoms with Crippen molar-refractivity contribution in [2.24, 2.45) is 0 Å². The number of fused-ring (bicyclic) bond motifs is 1. The molecule has 2 rings (SSSR count). The Morgan fingerprint density at radius 1 is 1.05 bits per heavy atom. The molecule has 0 fully saturated rings. The van der Waals surface area contributed by atoms with Crippen molar-refractivity contribution in [2.75, 3.05) is 0 Å². The van der Waals surface area contributed by atoms with Gasteiger partial charge in [0.15, 0.2) is 0 Å². The third-order valence-corrected chi connectivity index (χ3v) is 3.45. The molecule has 1 amide bonds. The van der Waals surface area contributed by atoms with Gasteiger partial charge < -0.3 is 4.74 Å². The summed E-state index contributed by atoms with van der Waals surface area (Å²) in [4.78, 5) is 13.9. The van der Waals surface area contributed by atoms with E-state index in [-0.39, 0.29) is 11.5 Å². The molecule has 1 aromatic carbocycles. The predicted molar refractivity (Wildman–Crippen MR) is 80.6 cm³/mol. The second kappa shape index (κ2) is 4.80. The van der Waals surface area contributed by atoms with E-state index in [0.717, 1.165) is 0 Å². The van der Waals surface area contributed by atoms with Gasteiger partial charge in [0.2, 0.25) is 0 Å². The summed E-state index contributed by atoms with van der Waals surface area (Å²) in [6.07, 6.45) is -0.231. The predicted octanol–water partition coefficient (Wildman–Crippen LogP) is 4.23. The number of benzene rings is 1. The minimum Gasteiger partial charge on any atom is -0.444 e. The monoisotopic (exact) mass is 275 g/mol. The molecule has 0 aromatic heterocycles.